The zero-order valence-corrected chi connectivity index (χ0v) is 16.5. The Morgan fingerprint density at radius 3 is 2.50 bits per heavy atom. The monoisotopic (exact) mass is 405 g/mol. The van der Waals surface area contributed by atoms with Crippen LogP contribution in [0.1, 0.15) is 5.56 Å². The van der Waals surface area contributed by atoms with E-state index in [2.05, 4.69) is 10.6 Å². The summed E-state index contributed by atoms with van der Waals surface area (Å²) in [5, 5.41) is 5.40. The Kier molecular flexibility index (Phi) is 6.05. The molecule has 2 aromatic rings. The van der Waals surface area contributed by atoms with Crippen LogP contribution in [0.5, 0.6) is 11.5 Å². The van der Waals surface area contributed by atoms with Crippen molar-refractivity contribution in [1.82, 2.24) is 14.9 Å². The second-order valence-corrected chi connectivity index (χ2v) is 8.58. The van der Waals surface area contributed by atoms with Gasteiger partial charge in [0, 0.05) is 20.6 Å². The van der Waals surface area contributed by atoms with Gasteiger partial charge in [0.05, 0.1) is 11.4 Å². The minimum absolute atomic E-state index is 0.0833. The van der Waals surface area contributed by atoms with E-state index in [1.54, 1.807) is 18.2 Å². The highest BCUT2D eigenvalue weighted by Crippen LogP contribution is 2.30. The third kappa shape index (κ3) is 4.55. The SMILES string of the molecule is CN(C)S(=O)(=O)c1ccccc1CNC(=O)NCC1COc2ccccc2O1. The molecule has 0 saturated heterocycles. The number of sulfonamides is 1. The summed E-state index contributed by atoms with van der Waals surface area (Å²) in [5.41, 5.74) is 0.512. The maximum Gasteiger partial charge on any atom is 0.315 e. The maximum absolute atomic E-state index is 12.4. The fourth-order valence-corrected chi connectivity index (χ4v) is 3.82. The van der Waals surface area contributed by atoms with Gasteiger partial charge in [-0.25, -0.2) is 17.5 Å². The number of rotatable bonds is 6. The highest BCUT2D eigenvalue weighted by Gasteiger charge is 2.22. The summed E-state index contributed by atoms with van der Waals surface area (Å²) in [4.78, 5) is 12.3. The molecule has 0 bridgehead atoms. The molecule has 0 spiro atoms. The number of carbonyl (C=O) groups excluding carboxylic acids is 1. The maximum atomic E-state index is 12.4. The zero-order valence-electron chi connectivity index (χ0n) is 15.7. The summed E-state index contributed by atoms with van der Waals surface area (Å²) in [7, 11) is -0.650. The van der Waals surface area contributed by atoms with Crippen LogP contribution in [0.4, 0.5) is 4.79 Å². The van der Waals surface area contributed by atoms with Crippen molar-refractivity contribution >= 4 is 16.1 Å². The van der Waals surface area contributed by atoms with Crippen molar-refractivity contribution < 1.29 is 22.7 Å². The molecule has 0 fully saturated rings. The molecule has 2 N–H and O–H groups in total. The van der Waals surface area contributed by atoms with E-state index in [1.807, 2.05) is 24.3 Å². The van der Waals surface area contributed by atoms with Gasteiger partial charge in [0.15, 0.2) is 17.6 Å². The van der Waals surface area contributed by atoms with Crippen LogP contribution in [0, 0.1) is 0 Å². The van der Waals surface area contributed by atoms with E-state index in [0.29, 0.717) is 23.7 Å². The number of fused-ring (bicyclic) bond motifs is 1. The largest absolute Gasteiger partial charge is 0.486 e. The Morgan fingerprint density at radius 2 is 1.75 bits per heavy atom. The van der Waals surface area contributed by atoms with Gasteiger partial charge in [-0.05, 0) is 23.8 Å². The Hall–Kier alpha value is -2.78. The van der Waals surface area contributed by atoms with Gasteiger partial charge < -0.3 is 20.1 Å². The second kappa shape index (κ2) is 8.49. The van der Waals surface area contributed by atoms with Crippen molar-refractivity contribution in [2.45, 2.75) is 17.5 Å². The van der Waals surface area contributed by atoms with E-state index in [-0.39, 0.29) is 24.1 Å². The van der Waals surface area contributed by atoms with Gasteiger partial charge in [-0.2, -0.15) is 0 Å². The normalized spacial score (nSPS) is 15.9. The smallest absolute Gasteiger partial charge is 0.315 e. The Labute approximate surface area is 164 Å². The van der Waals surface area contributed by atoms with Gasteiger partial charge in [-0.15, -0.1) is 0 Å². The standard InChI is InChI=1S/C19H23N3O5S/c1-22(2)28(24,25)18-10-6-3-7-14(18)11-20-19(23)21-12-15-13-26-16-8-4-5-9-17(16)27-15/h3-10,15H,11-13H2,1-2H3,(H2,20,21,23). The molecule has 9 heteroatoms. The number of carbonyl (C=O) groups is 1. The number of urea groups is 1. The summed E-state index contributed by atoms with van der Waals surface area (Å²) in [6.07, 6.45) is -0.304. The van der Waals surface area contributed by atoms with Crippen LogP contribution in [-0.2, 0) is 16.6 Å². The van der Waals surface area contributed by atoms with Crippen molar-refractivity contribution in [2.75, 3.05) is 27.2 Å². The lowest BCUT2D eigenvalue weighted by atomic mass is 10.2. The topological polar surface area (TPSA) is 97.0 Å². The molecule has 28 heavy (non-hydrogen) atoms. The molecule has 0 saturated carbocycles. The van der Waals surface area contributed by atoms with E-state index in [9.17, 15) is 13.2 Å². The predicted octanol–water partition coefficient (Wildman–Crippen LogP) is 1.58. The Bertz CT molecular complexity index is 946. The van der Waals surface area contributed by atoms with Crippen molar-refractivity contribution in [2.24, 2.45) is 0 Å². The minimum atomic E-state index is -3.59. The van der Waals surface area contributed by atoms with E-state index in [4.69, 9.17) is 9.47 Å². The number of hydrogen-bond acceptors (Lipinski definition) is 5. The molecular weight excluding hydrogens is 382 g/mol. The number of amides is 2. The molecule has 1 atom stereocenters. The van der Waals surface area contributed by atoms with E-state index in [1.165, 1.54) is 20.2 Å². The first-order valence-corrected chi connectivity index (χ1v) is 10.2. The Morgan fingerprint density at radius 1 is 1.07 bits per heavy atom. The molecule has 3 rings (SSSR count). The summed E-state index contributed by atoms with van der Waals surface area (Å²) in [6, 6.07) is 13.5. The molecule has 0 radical (unpaired) electrons. The molecule has 0 aliphatic carbocycles. The first-order chi connectivity index (χ1) is 13.4. The highest BCUT2D eigenvalue weighted by molar-refractivity contribution is 7.89. The lowest BCUT2D eigenvalue weighted by Gasteiger charge is -2.26. The van der Waals surface area contributed by atoms with Crippen molar-refractivity contribution in [3.63, 3.8) is 0 Å². The lowest BCUT2D eigenvalue weighted by Crippen LogP contribution is -2.44. The number of ether oxygens (including phenoxy) is 2. The highest BCUT2D eigenvalue weighted by atomic mass is 32.2. The number of nitrogens with one attached hydrogen (secondary N) is 2. The van der Waals surface area contributed by atoms with Crippen LogP contribution >= 0.6 is 0 Å². The minimum Gasteiger partial charge on any atom is -0.486 e. The summed E-state index contributed by atoms with van der Waals surface area (Å²) in [6.45, 7) is 0.680. The first-order valence-electron chi connectivity index (χ1n) is 8.78. The molecular formula is C19H23N3O5S. The van der Waals surface area contributed by atoms with Crippen LogP contribution in [0.25, 0.3) is 0 Å². The average molecular weight is 405 g/mol. The fourth-order valence-electron chi connectivity index (χ4n) is 2.71. The lowest BCUT2D eigenvalue weighted by molar-refractivity contribution is 0.0918. The fraction of sp³-hybridized carbons (Fsp3) is 0.316. The summed E-state index contributed by atoms with van der Waals surface area (Å²) in [5.74, 6) is 1.32. The first kappa shape index (κ1) is 20.0. The van der Waals surface area contributed by atoms with Gasteiger partial charge in [0.2, 0.25) is 10.0 Å². The van der Waals surface area contributed by atoms with Crippen LogP contribution < -0.4 is 20.1 Å². The van der Waals surface area contributed by atoms with Crippen LogP contribution in [-0.4, -0.2) is 52.1 Å². The van der Waals surface area contributed by atoms with Crippen molar-refractivity contribution in [3.8, 4) is 11.5 Å². The second-order valence-electron chi connectivity index (χ2n) is 6.46. The van der Waals surface area contributed by atoms with Gasteiger partial charge >= 0.3 is 6.03 Å². The van der Waals surface area contributed by atoms with E-state index >= 15 is 0 Å². The molecule has 150 valence electrons. The van der Waals surface area contributed by atoms with Gasteiger partial charge in [0.1, 0.15) is 6.61 Å². The number of benzene rings is 2. The summed E-state index contributed by atoms with van der Waals surface area (Å²) < 4.78 is 37.3. The molecule has 1 aliphatic rings. The number of para-hydroxylation sites is 2. The zero-order chi connectivity index (χ0) is 20.1. The molecule has 2 aromatic carbocycles. The quantitative estimate of drug-likeness (QED) is 0.761. The van der Waals surface area contributed by atoms with Gasteiger partial charge in [-0.3, -0.25) is 0 Å². The van der Waals surface area contributed by atoms with Crippen molar-refractivity contribution in [1.29, 1.82) is 0 Å². The molecule has 1 unspecified atom stereocenters. The van der Waals surface area contributed by atoms with Gasteiger partial charge in [-0.1, -0.05) is 30.3 Å². The third-order valence-electron chi connectivity index (χ3n) is 4.23. The molecule has 0 aromatic heterocycles. The molecule has 8 nitrogen and oxygen atoms in total. The predicted molar refractivity (Wildman–Crippen MR) is 104 cm³/mol. The molecule has 1 heterocycles. The molecule has 1 aliphatic heterocycles. The Balaban J connectivity index is 1.53. The van der Waals surface area contributed by atoms with Crippen LogP contribution in [0.2, 0.25) is 0 Å². The molecule has 2 amide bonds. The van der Waals surface area contributed by atoms with Crippen LogP contribution in [0.3, 0.4) is 0 Å². The van der Waals surface area contributed by atoms with Crippen molar-refractivity contribution in [3.05, 3.63) is 54.1 Å². The average Bonchev–Trinajstić information content (AvgIpc) is 2.70. The summed E-state index contributed by atoms with van der Waals surface area (Å²) >= 11 is 0. The van der Waals surface area contributed by atoms with E-state index < -0.39 is 16.1 Å². The number of hydrogen-bond donors (Lipinski definition) is 2. The van der Waals surface area contributed by atoms with Gasteiger partial charge in [0.25, 0.3) is 0 Å². The van der Waals surface area contributed by atoms with Crippen LogP contribution in [0.15, 0.2) is 53.4 Å². The third-order valence-corrected chi connectivity index (χ3v) is 6.14. The van der Waals surface area contributed by atoms with E-state index in [0.717, 1.165) is 4.31 Å². The number of nitrogens with zero attached hydrogens (tertiary/aromatic N) is 1.